The highest BCUT2D eigenvalue weighted by Crippen LogP contribution is 2.31. The standard InChI is InChI=1S/C13H23N3O2/c17-13(18)16(12-3-6-14-9-12)11-4-7-15(8-5-11)10-1-2-10/h10-12,14H,1-9H2,(H,17,18)/t12-/m0/s1. The third-order valence-electron chi connectivity index (χ3n) is 4.60. The van der Waals surface area contributed by atoms with E-state index in [0.29, 0.717) is 0 Å². The summed E-state index contributed by atoms with van der Waals surface area (Å²) in [6.45, 7) is 3.95. The summed E-state index contributed by atoms with van der Waals surface area (Å²) in [5, 5.41) is 12.7. The second kappa shape index (κ2) is 5.05. The molecule has 0 unspecified atom stereocenters. The number of piperidine rings is 1. The van der Waals surface area contributed by atoms with Crippen LogP contribution in [0, 0.1) is 0 Å². The van der Waals surface area contributed by atoms with E-state index in [1.807, 2.05) is 0 Å². The Hall–Kier alpha value is -0.810. The second-order valence-electron chi connectivity index (χ2n) is 5.83. The smallest absolute Gasteiger partial charge is 0.407 e. The van der Waals surface area contributed by atoms with E-state index in [0.717, 1.165) is 51.5 Å². The van der Waals surface area contributed by atoms with Gasteiger partial charge in [0, 0.05) is 37.8 Å². The number of amides is 1. The first-order valence-corrected chi connectivity index (χ1v) is 7.21. The van der Waals surface area contributed by atoms with Crippen molar-refractivity contribution in [3.63, 3.8) is 0 Å². The number of rotatable bonds is 3. The summed E-state index contributed by atoms with van der Waals surface area (Å²) < 4.78 is 0. The fraction of sp³-hybridized carbons (Fsp3) is 0.923. The van der Waals surface area contributed by atoms with E-state index < -0.39 is 6.09 Å². The van der Waals surface area contributed by atoms with Crippen molar-refractivity contribution in [1.82, 2.24) is 15.1 Å². The van der Waals surface area contributed by atoms with E-state index in [-0.39, 0.29) is 12.1 Å². The number of likely N-dealkylation sites (tertiary alicyclic amines) is 1. The number of carboxylic acid groups (broad SMARTS) is 1. The maximum atomic E-state index is 11.5. The normalized spacial score (nSPS) is 30.6. The molecule has 5 nitrogen and oxygen atoms in total. The average molecular weight is 253 g/mol. The van der Waals surface area contributed by atoms with Crippen LogP contribution in [0.4, 0.5) is 4.79 Å². The molecule has 1 amide bonds. The van der Waals surface area contributed by atoms with Gasteiger partial charge < -0.3 is 20.2 Å². The Morgan fingerprint density at radius 3 is 2.33 bits per heavy atom. The van der Waals surface area contributed by atoms with Crippen molar-refractivity contribution in [2.75, 3.05) is 26.2 Å². The van der Waals surface area contributed by atoms with E-state index in [4.69, 9.17) is 0 Å². The van der Waals surface area contributed by atoms with Crippen LogP contribution in [-0.4, -0.2) is 65.3 Å². The van der Waals surface area contributed by atoms with Gasteiger partial charge in [0.1, 0.15) is 0 Å². The zero-order chi connectivity index (χ0) is 12.5. The Labute approximate surface area is 108 Å². The molecule has 1 atom stereocenters. The molecule has 3 fully saturated rings. The van der Waals surface area contributed by atoms with Crippen molar-refractivity contribution >= 4 is 6.09 Å². The van der Waals surface area contributed by atoms with Gasteiger partial charge in [-0.05, 0) is 38.6 Å². The van der Waals surface area contributed by atoms with Gasteiger partial charge in [-0.15, -0.1) is 0 Å². The molecule has 1 saturated carbocycles. The van der Waals surface area contributed by atoms with Crippen LogP contribution in [0.25, 0.3) is 0 Å². The Bertz CT molecular complexity index is 305. The Balaban J connectivity index is 1.59. The minimum absolute atomic E-state index is 0.194. The summed E-state index contributed by atoms with van der Waals surface area (Å²) in [4.78, 5) is 15.8. The maximum absolute atomic E-state index is 11.5. The van der Waals surface area contributed by atoms with Crippen molar-refractivity contribution in [2.45, 2.75) is 50.2 Å². The molecule has 2 N–H and O–H groups in total. The number of hydrogen-bond acceptors (Lipinski definition) is 3. The van der Waals surface area contributed by atoms with Crippen LogP contribution < -0.4 is 5.32 Å². The topological polar surface area (TPSA) is 55.8 Å². The number of carbonyl (C=O) groups is 1. The van der Waals surface area contributed by atoms with Crippen molar-refractivity contribution in [3.05, 3.63) is 0 Å². The zero-order valence-electron chi connectivity index (χ0n) is 10.8. The highest BCUT2D eigenvalue weighted by atomic mass is 16.4. The largest absolute Gasteiger partial charge is 0.465 e. The van der Waals surface area contributed by atoms with Gasteiger partial charge in [-0.1, -0.05) is 0 Å². The third kappa shape index (κ3) is 2.47. The first kappa shape index (κ1) is 12.2. The molecule has 2 aliphatic heterocycles. The minimum atomic E-state index is -0.728. The second-order valence-corrected chi connectivity index (χ2v) is 5.83. The third-order valence-corrected chi connectivity index (χ3v) is 4.60. The van der Waals surface area contributed by atoms with Gasteiger partial charge in [0.25, 0.3) is 0 Å². The predicted octanol–water partition coefficient (Wildman–Crippen LogP) is 0.955. The van der Waals surface area contributed by atoms with Gasteiger partial charge in [-0.3, -0.25) is 0 Å². The molecular weight excluding hydrogens is 230 g/mol. The van der Waals surface area contributed by atoms with Gasteiger partial charge in [0.05, 0.1) is 0 Å². The molecule has 18 heavy (non-hydrogen) atoms. The van der Waals surface area contributed by atoms with E-state index >= 15 is 0 Å². The van der Waals surface area contributed by atoms with E-state index in [2.05, 4.69) is 10.2 Å². The lowest BCUT2D eigenvalue weighted by Gasteiger charge is -2.39. The average Bonchev–Trinajstić information content (AvgIpc) is 3.08. The van der Waals surface area contributed by atoms with Gasteiger partial charge >= 0.3 is 6.09 Å². The Morgan fingerprint density at radius 1 is 1.11 bits per heavy atom. The van der Waals surface area contributed by atoms with Crippen LogP contribution in [-0.2, 0) is 0 Å². The molecule has 102 valence electrons. The number of nitrogens with zero attached hydrogens (tertiary/aromatic N) is 2. The summed E-state index contributed by atoms with van der Waals surface area (Å²) in [5.41, 5.74) is 0. The molecular formula is C13H23N3O2. The van der Waals surface area contributed by atoms with Crippen molar-refractivity contribution in [1.29, 1.82) is 0 Å². The molecule has 0 radical (unpaired) electrons. The summed E-state index contributed by atoms with van der Waals surface area (Å²) in [7, 11) is 0. The quantitative estimate of drug-likeness (QED) is 0.786. The molecule has 1 aliphatic carbocycles. The lowest BCUT2D eigenvalue weighted by Crippen LogP contribution is -2.52. The molecule has 0 spiro atoms. The molecule has 5 heteroatoms. The molecule has 0 aromatic carbocycles. The van der Waals surface area contributed by atoms with E-state index in [9.17, 15) is 9.90 Å². The van der Waals surface area contributed by atoms with Gasteiger partial charge in [-0.25, -0.2) is 4.79 Å². The molecule has 0 aromatic rings. The highest BCUT2D eigenvalue weighted by Gasteiger charge is 2.37. The SMILES string of the molecule is O=C(O)N(C1CCN(C2CC2)CC1)[C@H]1CCNC1. The van der Waals surface area contributed by atoms with Gasteiger partial charge in [-0.2, -0.15) is 0 Å². The van der Waals surface area contributed by atoms with Crippen molar-refractivity contribution < 1.29 is 9.90 Å². The van der Waals surface area contributed by atoms with E-state index in [1.54, 1.807) is 4.90 Å². The lowest BCUT2D eigenvalue weighted by atomic mass is 10.0. The Kier molecular flexibility index (Phi) is 3.43. The monoisotopic (exact) mass is 253 g/mol. The van der Waals surface area contributed by atoms with Crippen LogP contribution >= 0.6 is 0 Å². The van der Waals surface area contributed by atoms with Crippen LogP contribution in [0.15, 0.2) is 0 Å². The minimum Gasteiger partial charge on any atom is -0.465 e. The highest BCUT2D eigenvalue weighted by molar-refractivity contribution is 5.66. The fourth-order valence-electron chi connectivity index (χ4n) is 3.46. The summed E-state index contributed by atoms with van der Waals surface area (Å²) >= 11 is 0. The summed E-state index contributed by atoms with van der Waals surface area (Å²) in [5.74, 6) is 0. The molecule has 0 bridgehead atoms. The lowest BCUT2D eigenvalue weighted by molar-refractivity contribution is 0.0688. The van der Waals surface area contributed by atoms with Crippen LogP contribution in [0.5, 0.6) is 0 Å². The van der Waals surface area contributed by atoms with E-state index in [1.165, 1.54) is 12.8 Å². The summed E-state index contributed by atoms with van der Waals surface area (Å²) in [6.07, 6.45) is 4.96. The van der Waals surface area contributed by atoms with Crippen LogP contribution in [0.3, 0.4) is 0 Å². The van der Waals surface area contributed by atoms with Crippen LogP contribution in [0.1, 0.15) is 32.1 Å². The van der Waals surface area contributed by atoms with Crippen LogP contribution in [0.2, 0.25) is 0 Å². The number of hydrogen-bond donors (Lipinski definition) is 2. The van der Waals surface area contributed by atoms with Crippen molar-refractivity contribution in [3.8, 4) is 0 Å². The molecule has 0 aromatic heterocycles. The molecule has 3 rings (SSSR count). The van der Waals surface area contributed by atoms with Crippen molar-refractivity contribution in [2.24, 2.45) is 0 Å². The predicted molar refractivity (Wildman–Crippen MR) is 68.8 cm³/mol. The Morgan fingerprint density at radius 2 is 1.83 bits per heavy atom. The first-order valence-electron chi connectivity index (χ1n) is 7.21. The maximum Gasteiger partial charge on any atom is 0.407 e. The molecule has 3 aliphatic rings. The summed E-state index contributed by atoms with van der Waals surface area (Å²) in [6, 6.07) is 1.25. The fourth-order valence-corrected chi connectivity index (χ4v) is 3.46. The number of nitrogens with one attached hydrogen (secondary N) is 1. The first-order chi connectivity index (χ1) is 8.75. The van der Waals surface area contributed by atoms with Gasteiger partial charge in [0.15, 0.2) is 0 Å². The molecule has 2 heterocycles. The van der Waals surface area contributed by atoms with Gasteiger partial charge in [0.2, 0.25) is 0 Å². The molecule has 2 saturated heterocycles. The zero-order valence-corrected chi connectivity index (χ0v) is 10.8.